The fourth-order valence-electron chi connectivity index (χ4n) is 7.86. The lowest BCUT2D eigenvalue weighted by molar-refractivity contribution is -0.245. The highest BCUT2D eigenvalue weighted by atomic mass is 19.1. The number of rotatable bonds is 2. The van der Waals surface area contributed by atoms with Crippen LogP contribution in [0.5, 0.6) is 0 Å². The molecule has 174 valence electrons. The molecule has 0 aromatic heterocycles. The Bertz CT molecular complexity index is 1000. The van der Waals surface area contributed by atoms with Crippen LogP contribution in [0, 0.1) is 22.7 Å². The molecule has 7 nitrogen and oxygen atoms in total. The number of carbonyl (C=O) groups is 3. The van der Waals surface area contributed by atoms with Crippen molar-refractivity contribution in [3.8, 4) is 0 Å². The minimum atomic E-state index is -2.07. The number of hydrogen-bond donors (Lipinski definition) is 2. The van der Waals surface area contributed by atoms with E-state index in [1.165, 1.54) is 12.2 Å². The molecule has 1 saturated heterocycles. The average molecular weight is 448 g/mol. The van der Waals surface area contributed by atoms with Crippen molar-refractivity contribution >= 4 is 17.5 Å². The molecule has 8 heteroatoms. The number of aliphatic hydroxyl groups is 1. The van der Waals surface area contributed by atoms with E-state index in [0.29, 0.717) is 18.4 Å². The van der Waals surface area contributed by atoms with Crippen LogP contribution >= 0.6 is 0 Å². The summed E-state index contributed by atoms with van der Waals surface area (Å²) in [7, 11) is 0. The van der Waals surface area contributed by atoms with Gasteiger partial charge in [0.15, 0.2) is 22.8 Å². The Labute approximate surface area is 185 Å². The molecule has 0 spiro atoms. The van der Waals surface area contributed by atoms with Crippen LogP contribution in [0.25, 0.3) is 0 Å². The summed E-state index contributed by atoms with van der Waals surface area (Å²) in [5.74, 6) is -5.21. The van der Waals surface area contributed by atoms with Crippen LogP contribution in [-0.4, -0.2) is 57.0 Å². The van der Waals surface area contributed by atoms with Crippen molar-refractivity contribution in [3.05, 3.63) is 23.8 Å². The summed E-state index contributed by atoms with van der Waals surface area (Å²) in [4.78, 5) is 37.0. The van der Waals surface area contributed by atoms with Crippen molar-refractivity contribution in [2.75, 3.05) is 0 Å². The quantitative estimate of drug-likeness (QED) is 0.625. The smallest absolute Gasteiger partial charge is 0.375 e. The van der Waals surface area contributed by atoms with Gasteiger partial charge in [0.05, 0.1) is 12.2 Å². The van der Waals surface area contributed by atoms with Crippen molar-refractivity contribution in [2.45, 2.75) is 82.6 Å². The number of alkyl halides is 1. The van der Waals surface area contributed by atoms with Gasteiger partial charge in [-0.15, -0.1) is 0 Å². The predicted octanol–water partition coefficient (Wildman–Crippen LogP) is 2.51. The van der Waals surface area contributed by atoms with Gasteiger partial charge in [-0.3, -0.25) is 9.59 Å². The zero-order valence-electron chi connectivity index (χ0n) is 18.7. The van der Waals surface area contributed by atoms with E-state index in [-0.39, 0.29) is 18.6 Å². The summed E-state index contributed by atoms with van der Waals surface area (Å²) in [6.07, 6.45) is 3.02. The third kappa shape index (κ3) is 2.28. The number of carbonyl (C=O) groups excluding carboxylic acids is 2. The molecule has 1 heterocycles. The number of carboxylic acids is 1. The van der Waals surface area contributed by atoms with Crippen LogP contribution in [0.15, 0.2) is 23.8 Å². The van der Waals surface area contributed by atoms with Crippen LogP contribution in [0.1, 0.15) is 53.4 Å². The molecule has 4 aliphatic carbocycles. The number of fused-ring (bicyclic) bond motifs is 7. The van der Waals surface area contributed by atoms with Gasteiger partial charge in [0, 0.05) is 16.7 Å². The highest BCUT2D eigenvalue weighted by molar-refractivity contribution is 6.36. The first-order valence-electron chi connectivity index (χ1n) is 11.2. The maximum absolute atomic E-state index is 17.1. The maximum atomic E-state index is 17.1. The molecule has 4 fully saturated rings. The van der Waals surface area contributed by atoms with Crippen LogP contribution in [0.4, 0.5) is 4.39 Å². The lowest BCUT2D eigenvalue weighted by atomic mass is 9.44. The number of halogens is 1. The van der Waals surface area contributed by atoms with Crippen LogP contribution in [0.3, 0.4) is 0 Å². The van der Waals surface area contributed by atoms with Gasteiger partial charge >= 0.3 is 5.97 Å². The van der Waals surface area contributed by atoms with Crippen molar-refractivity contribution < 1.29 is 38.5 Å². The Morgan fingerprint density at radius 2 is 1.88 bits per heavy atom. The summed E-state index contributed by atoms with van der Waals surface area (Å²) in [6, 6.07) is 0. The Hall–Kier alpha value is -1.90. The first-order valence-corrected chi connectivity index (χ1v) is 11.2. The molecule has 5 rings (SSSR count). The van der Waals surface area contributed by atoms with Crippen LogP contribution < -0.4 is 0 Å². The van der Waals surface area contributed by atoms with Crippen molar-refractivity contribution in [1.29, 1.82) is 0 Å². The number of aliphatic carboxylic acids is 1. The molecular weight excluding hydrogens is 419 g/mol. The molecule has 1 aliphatic heterocycles. The number of allylic oxidation sites excluding steroid dienone is 4. The minimum absolute atomic E-state index is 0.149. The molecule has 5 aliphatic rings. The molecule has 32 heavy (non-hydrogen) atoms. The Balaban J connectivity index is 1.65. The van der Waals surface area contributed by atoms with Gasteiger partial charge < -0.3 is 19.7 Å². The maximum Gasteiger partial charge on any atom is 0.375 e. The summed E-state index contributed by atoms with van der Waals surface area (Å²) >= 11 is 0. The first kappa shape index (κ1) is 21.9. The topological polar surface area (TPSA) is 110 Å². The molecule has 3 saturated carbocycles. The zero-order valence-corrected chi connectivity index (χ0v) is 18.7. The van der Waals surface area contributed by atoms with E-state index < -0.39 is 63.7 Å². The number of hydrogen-bond acceptors (Lipinski definition) is 6. The molecule has 8 atom stereocenters. The van der Waals surface area contributed by atoms with Gasteiger partial charge in [0.2, 0.25) is 0 Å². The Kier molecular flexibility index (Phi) is 4.22. The fourth-order valence-corrected chi connectivity index (χ4v) is 7.86. The molecule has 0 radical (unpaired) electrons. The number of Topliss-reactive ketones (excluding diaryl/α,β-unsaturated/α-hetero) is 1. The molecule has 2 N–H and O–H groups in total. The monoisotopic (exact) mass is 448 g/mol. The second-order valence-electron chi connectivity index (χ2n) is 11.0. The van der Waals surface area contributed by atoms with E-state index >= 15 is 4.39 Å². The van der Waals surface area contributed by atoms with Crippen LogP contribution in [-0.2, 0) is 23.9 Å². The van der Waals surface area contributed by atoms with E-state index in [1.54, 1.807) is 33.8 Å². The Morgan fingerprint density at radius 3 is 2.53 bits per heavy atom. The van der Waals surface area contributed by atoms with E-state index in [0.717, 1.165) is 0 Å². The van der Waals surface area contributed by atoms with E-state index in [9.17, 15) is 24.6 Å². The number of aliphatic hydroxyl groups excluding tert-OH is 1. The summed E-state index contributed by atoms with van der Waals surface area (Å²) in [5.41, 5.74) is -5.50. The van der Waals surface area contributed by atoms with Gasteiger partial charge in [-0.2, -0.15) is 0 Å². The summed E-state index contributed by atoms with van der Waals surface area (Å²) in [6.45, 7) is 6.70. The van der Waals surface area contributed by atoms with Gasteiger partial charge in [-0.05, 0) is 64.5 Å². The Morgan fingerprint density at radius 1 is 1.19 bits per heavy atom. The summed E-state index contributed by atoms with van der Waals surface area (Å²) in [5, 5.41) is 21.0. The van der Waals surface area contributed by atoms with Gasteiger partial charge in [0.1, 0.15) is 0 Å². The van der Waals surface area contributed by atoms with Crippen molar-refractivity contribution in [3.63, 3.8) is 0 Å². The lowest BCUT2D eigenvalue weighted by Crippen LogP contribution is -2.70. The normalized spacial score (nSPS) is 50.7. The third-order valence-electron chi connectivity index (χ3n) is 9.17. The molecule has 0 bridgehead atoms. The number of ketones is 2. The second kappa shape index (κ2) is 6.15. The molecule has 0 unspecified atom stereocenters. The predicted molar refractivity (Wildman–Crippen MR) is 109 cm³/mol. The number of ether oxygens (including phenoxy) is 2. The average Bonchev–Trinajstić information content (AvgIpc) is 3.09. The third-order valence-corrected chi connectivity index (χ3v) is 9.17. The second-order valence-corrected chi connectivity index (χ2v) is 11.0. The minimum Gasteiger partial charge on any atom is -0.475 e. The lowest BCUT2D eigenvalue weighted by Gasteiger charge is -2.62. The first-order chi connectivity index (χ1) is 14.7. The molecular formula is C24H29FO7. The SMILES string of the molecule is CC1(C)O[C@@H]2C[C@@H]3[C@@H]4CCC5=CC(=O)C=C[C@]5(C)[C@]4(F)[C@@H](O)C[C@]3(C)[C@]2(C(=O)C(=O)O)O1. The van der Waals surface area contributed by atoms with Crippen molar-refractivity contribution in [2.24, 2.45) is 22.7 Å². The summed E-state index contributed by atoms with van der Waals surface area (Å²) < 4.78 is 29.3. The van der Waals surface area contributed by atoms with Gasteiger partial charge in [-0.1, -0.05) is 18.6 Å². The van der Waals surface area contributed by atoms with Gasteiger partial charge in [-0.25, -0.2) is 9.18 Å². The largest absolute Gasteiger partial charge is 0.475 e. The van der Waals surface area contributed by atoms with E-state index in [1.807, 2.05) is 0 Å². The molecule has 0 amide bonds. The van der Waals surface area contributed by atoms with Gasteiger partial charge in [0.25, 0.3) is 5.78 Å². The van der Waals surface area contributed by atoms with Crippen molar-refractivity contribution in [1.82, 2.24) is 0 Å². The highest BCUT2D eigenvalue weighted by Gasteiger charge is 2.80. The highest BCUT2D eigenvalue weighted by Crippen LogP contribution is 2.72. The van der Waals surface area contributed by atoms with E-state index in [2.05, 4.69) is 0 Å². The molecule has 0 aromatic carbocycles. The standard InChI is InChI=1S/C24H29FO7/c1-20(2)31-17-10-15-14-6-5-12-9-13(26)7-8-21(12,3)23(14,25)16(27)11-22(15,4)24(17,32-20)18(28)19(29)30/h7-9,14-17,27H,5-6,10-11H2,1-4H3,(H,29,30)/t14-,15+,16-,17+,21-,22-,23+,24-/m0/s1. The number of carboxylic acid groups (broad SMARTS) is 1. The fraction of sp³-hybridized carbons (Fsp3) is 0.708. The zero-order chi connectivity index (χ0) is 23.5. The molecule has 0 aromatic rings. The van der Waals surface area contributed by atoms with Crippen LogP contribution in [0.2, 0.25) is 0 Å². The van der Waals surface area contributed by atoms with E-state index in [4.69, 9.17) is 9.47 Å².